The normalized spacial score (nSPS) is 17.6. The van der Waals surface area contributed by atoms with Gasteiger partial charge in [-0.15, -0.1) is 0 Å². The van der Waals surface area contributed by atoms with E-state index in [1.165, 1.54) is 0 Å². The van der Waals surface area contributed by atoms with E-state index in [9.17, 15) is 4.79 Å². The molecule has 1 atom stereocenters. The van der Waals surface area contributed by atoms with Gasteiger partial charge in [0.1, 0.15) is 12.1 Å². The Bertz CT molecular complexity index is 580. The van der Waals surface area contributed by atoms with Crippen LogP contribution in [0, 0.1) is 0 Å². The van der Waals surface area contributed by atoms with Crippen molar-refractivity contribution in [2.75, 3.05) is 18.5 Å². The van der Waals surface area contributed by atoms with Gasteiger partial charge < -0.3 is 9.69 Å². The number of benzene rings is 1. The molecule has 2 heterocycles. The molecule has 3 nitrogen and oxygen atoms in total. The van der Waals surface area contributed by atoms with Gasteiger partial charge in [-0.1, -0.05) is 30.3 Å². The predicted octanol–water partition coefficient (Wildman–Crippen LogP) is 2.48. The maximum Gasteiger partial charge on any atom is 0.132 e. The van der Waals surface area contributed by atoms with Crippen LogP contribution in [0.5, 0.6) is 0 Å². The summed E-state index contributed by atoms with van der Waals surface area (Å²) in [5.74, 6) is 0.849. The smallest absolute Gasteiger partial charge is 0.132 e. The fraction of sp³-hybridized carbons (Fsp3) is 0.200. The Labute approximate surface area is 106 Å². The van der Waals surface area contributed by atoms with E-state index in [-0.39, 0.29) is 5.92 Å². The molecule has 0 N–H and O–H groups in total. The number of carbonyl (C=O) groups is 1. The van der Waals surface area contributed by atoms with Gasteiger partial charge in [-0.3, -0.25) is 0 Å². The summed E-state index contributed by atoms with van der Waals surface area (Å²) in [5.41, 5.74) is 3.31. The van der Waals surface area contributed by atoms with E-state index in [1.807, 2.05) is 42.4 Å². The molecule has 1 aromatic heterocycles. The van der Waals surface area contributed by atoms with Crippen molar-refractivity contribution in [2.24, 2.45) is 0 Å². The van der Waals surface area contributed by atoms with Gasteiger partial charge in [0, 0.05) is 25.4 Å². The lowest BCUT2D eigenvalue weighted by Gasteiger charge is -2.11. The number of aldehydes is 1. The largest absolute Gasteiger partial charge is 0.358 e. The Morgan fingerprint density at radius 2 is 2.06 bits per heavy atom. The second-order valence-electron chi connectivity index (χ2n) is 4.58. The second-order valence-corrected chi connectivity index (χ2v) is 4.58. The zero-order chi connectivity index (χ0) is 12.5. The molecule has 1 aliphatic heterocycles. The number of likely N-dealkylation sites (N-methyl/N-ethyl adjacent to an activating group) is 1. The minimum Gasteiger partial charge on any atom is -0.358 e. The molecule has 0 saturated heterocycles. The fourth-order valence-electron chi connectivity index (χ4n) is 2.59. The van der Waals surface area contributed by atoms with Crippen molar-refractivity contribution in [1.82, 2.24) is 4.98 Å². The molecule has 0 radical (unpaired) electrons. The van der Waals surface area contributed by atoms with Crippen molar-refractivity contribution in [3.05, 3.63) is 48.2 Å². The van der Waals surface area contributed by atoms with Gasteiger partial charge >= 0.3 is 0 Å². The SMILES string of the molecule is CN1CC(C=O)c2c(-c3ccccc3)ccnc21. The van der Waals surface area contributed by atoms with Crippen LogP contribution in [0.2, 0.25) is 0 Å². The first-order chi connectivity index (χ1) is 8.81. The van der Waals surface area contributed by atoms with E-state index in [0.29, 0.717) is 0 Å². The van der Waals surface area contributed by atoms with Gasteiger partial charge in [0.05, 0.1) is 5.92 Å². The van der Waals surface area contributed by atoms with Crippen LogP contribution in [0.3, 0.4) is 0 Å². The zero-order valence-corrected chi connectivity index (χ0v) is 10.2. The van der Waals surface area contributed by atoms with Gasteiger partial charge in [-0.05, 0) is 17.2 Å². The molecule has 3 rings (SSSR count). The number of fused-ring (bicyclic) bond motifs is 1. The summed E-state index contributed by atoms with van der Waals surface area (Å²) in [5, 5.41) is 0. The predicted molar refractivity (Wildman–Crippen MR) is 71.7 cm³/mol. The molecule has 1 aliphatic rings. The van der Waals surface area contributed by atoms with E-state index >= 15 is 0 Å². The summed E-state index contributed by atoms with van der Waals surface area (Å²) < 4.78 is 0. The van der Waals surface area contributed by atoms with Crippen molar-refractivity contribution in [1.29, 1.82) is 0 Å². The quantitative estimate of drug-likeness (QED) is 0.754. The highest BCUT2D eigenvalue weighted by molar-refractivity contribution is 5.82. The first-order valence-corrected chi connectivity index (χ1v) is 6.02. The zero-order valence-electron chi connectivity index (χ0n) is 10.2. The Hall–Kier alpha value is -2.16. The molecular formula is C15H14N2O. The van der Waals surface area contributed by atoms with Crippen LogP contribution in [0.15, 0.2) is 42.6 Å². The molecule has 3 heteroatoms. The van der Waals surface area contributed by atoms with Gasteiger partial charge in [0.15, 0.2) is 0 Å². The number of rotatable bonds is 2. The van der Waals surface area contributed by atoms with Gasteiger partial charge in [-0.2, -0.15) is 0 Å². The maximum absolute atomic E-state index is 11.2. The van der Waals surface area contributed by atoms with Gasteiger partial charge in [0.25, 0.3) is 0 Å². The van der Waals surface area contributed by atoms with Crippen LogP contribution < -0.4 is 4.90 Å². The monoisotopic (exact) mass is 238 g/mol. The third kappa shape index (κ3) is 1.59. The van der Waals surface area contributed by atoms with Crippen molar-refractivity contribution < 1.29 is 4.79 Å². The van der Waals surface area contributed by atoms with Crippen molar-refractivity contribution in [3.63, 3.8) is 0 Å². The van der Waals surface area contributed by atoms with Crippen LogP contribution >= 0.6 is 0 Å². The average molecular weight is 238 g/mol. The minimum absolute atomic E-state index is 0.0751. The molecule has 0 saturated carbocycles. The van der Waals surface area contributed by atoms with E-state index in [0.717, 1.165) is 35.3 Å². The van der Waals surface area contributed by atoms with Crippen LogP contribution in [-0.4, -0.2) is 24.9 Å². The molecule has 2 aromatic rings. The Morgan fingerprint density at radius 3 is 2.78 bits per heavy atom. The molecule has 18 heavy (non-hydrogen) atoms. The lowest BCUT2D eigenvalue weighted by molar-refractivity contribution is -0.108. The average Bonchev–Trinajstić information content (AvgIpc) is 2.77. The number of hydrogen-bond acceptors (Lipinski definition) is 3. The Balaban J connectivity index is 2.21. The van der Waals surface area contributed by atoms with Crippen LogP contribution in [0.1, 0.15) is 11.5 Å². The highest BCUT2D eigenvalue weighted by Crippen LogP contribution is 2.39. The summed E-state index contributed by atoms with van der Waals surface area (Å²) in [6.07, 6.45) is 2.83. The van der Waals surface area contributed by atoms with Gasteiger partial charge in [0.2, 0.25) is 0 Å². The molecule has 0 spiro atoms. The molecule has 90 valence electrons. The molecule has 0 fully saturated rings. The molecular weight excluding hydrogens is 224 g/mol. The molecule has 1 aromatic carbocycles. The van der Waals surface area contributed by atoms with Crippen LogP contribution in [0.25, 0.3) is 11.1 Å². The topological polar surface area (TPSA) is 33.2 Å². The second kappa shape index (κ2) is 4.26. The van der Waals surface area contributed by atoms with Crippen LogP contribution in [0.4, 0.5) is 5.82 Å². The maximum atomic E-state index is 11.2. The molecule has 0 aliphatic carbocycles. The Kier molecular flexibility index (Phi) is 2.59. The number of aromatic nitrogens is 1. The van der Waals surface area contributed by atoms with E-state index in [1.54, 1.807) is 0 Å². The van der Waals surface area contributed by atoms with Crippen LogP contribution in [-0.2, 0) is 4.79 Å². The number of nitrogens with zero attached hydrogens (tertiary/aromatic N) is 2. The molecule has 0 amide bonds. The lowest BCUT2D eigenvalue weighted by Crippen LogP contribution is -2.16. The van der Waals surface area contributed by atoms with E-state index < -0.39 is 0 Å². The lowest BCUT2D eigenvalue weighted by atomic mass is 9.94. The first-order valence-electron chi connectivity index (χ1n) is 6.02. The number of hydrogen-bond donors (Lipinski definition) is 0. The van der Waals surface area contributed by atoms with Crippen molar-refractivity contribution in [2.45, 2.75) is 5.92 Å². The number of carbonyl (C=O) groups excluding carboxylic acids is 1. The Morgan fingerprint density at radius 1 is 1.28 bits per heavy atom. The summed E-state index contributed by atoms with van der Waals surface area (Å²) in [4.78, 5) is 17.7. The summed E-state index contributed by atoms with van der Waals surface area (Å²) in [7, 11) is 1.98. The summed E-state index contributed by atoms with van der Waals surface area (Å²) in [6.45, 7) is 0.718. The third-order valence-electron chi connectivity index (χ3n) is 3.42. The number of pyridine rings is 1. The van der Waals surface area contributed by atoms with E-state index in [2.05, 4.69) is 17.1 Å². The van der Waals surface area contributed by atoms with Gasteiger partial charge in [-0.25, -0.2) is 4.98 Å². The third-order valence-corrected chi connectivity index (χ3v) is 3.42. The highest BCUT2D eigenvalue weighted by Gasteiger charge is 2.30. The summed E-state index contributed by atoms with van der Waals surface area (Å²) >= 11 is 0. The van der Waals surface area contributed by atoms with E-state index in [4.69, 9.17) is 0 Å². The number of anilines is 1. The summed E-state index contributed by atoms with van der Waals surface area (Å²) in [6, 6.07) is 12.1. The molecule has 0 bridgehead atoms. The standard InChI is InChI=1S/C15H14N2O/c1-17-9-12(10-18)14-13(7-8-16-15(14)17)11-5-3-2-4-6-11/h2-8,10,12H,9H2,1H3. The van der Waals surface area contributed by atoms with Crippen molar-refractivity contribution in [3.8, 4) is 11.1 Å². The first kappa shape index (κ1) is 11.0. The van der Waals surface area contributed by atoms with Crippen molar-refractivity contribution >= 4 is 12.1 Å². The molecule has 1 unspecified atom stereocenters. The highest BCUT2D eigenvalue weighted by atomic mass is 16.1. The minimum atomic E-state index is -0.0751. The fourth-order valence-corrected chi connectivity index (χ4v) is 2.59.